The molecule has 0 spiro atoms. The lowest BCUT2D eigenvalue weighted by Crippen LogP contribution is -2.04. The maximum absolute atomic E-state index is 9.60. The second kappa shape index (κ2) is 7.08. The Morgan fingerprint density at radius 1 is 0.682 bits per heavy atom. The smallest absolute Gasteiger partial charge is 0.0684 e. The van der Waals surface area contributed by atoms with Crippen LogP contribution in [0.25, 0.3) is 0 Å². The lowest BCUT2D eigenvalue weighted by atomic mass is 9.91. The maximum atomic E-state index is 9.60. The molecule has 0 heterocycles. The van der Waals surface area contributed by atoms with Crippen molar-refractivity contribution in [2.75, 3.05) is 0 Å². The van der Waals surface area contributed by atoms with Crippen LogP contribution in [0, 0.1) is 0 Å². The van der Waals surface area contributed by atoms with Crippen LogP contribution in [0.15, 0.2) is 36.4 Å². The van der Waals surface area contributed by atoms with E-state index >= 15 is 0 Å². The van der Waals surface area contributed by atoms with E-state index in [1.165, 1.54) is 22.3 Å². The molecule has 0 unspecified atom stereocenters. The topological polar surface area (TPSA) is 40.5 Å². The summed E-state index contributed by atoms with van der Waals surface area (Å²) in [4.78, 5) is 0. The Hall–Kier alpha value is -1.64. The van der Waals surface area contributed by atoms with E-state index in [1.54, 1.807) is 0 Å². The van der Waals surface area contributed by atoms with Gasteiger partial charge in [0.25, 0.3) is 0 Å². The zero-order valence-electron chi connectivity index (χ0n) is 13.0. The molecule has 0 amide bonds. The van der Waals surface area contributed by atoms with E-state index in [0.29, 0.717) is 0 Å². The predicted octanol–water partition coefficient (Wildman–Crippen LogP) is 3.34. The van der Waals surface area contributed by atoms with Crippen molar-refractivity contribution in [3.63, 3.8) is 0 Å². The number of aliphatic hydroxyl groups is 2. The quantitative estimate of drug-likeness (QED) is 0.892. The summed E-state index contributed by atoms with van der Waals surface area (Å²) in [5.74, 6) is 0. The van der Waals surface area contributed by atoms with Gasteiger partial charge in [-0.3, -0.25) is 0 Å². The number of benzene rings is 2. The number of rotatable bonds is 2. The monoisotopic (exact) mass is 296 g/mol. The summed E-state index contributed by atoms with van der Waals surface area (Å²) in [7, 11) is 0. The fraction of sp³-hybridized carbons (Fsp3) is 0.400. The van der Waals surface area contributed by atoms with Crippen LogP contribution in [0.2, 0.25) is 0 Å². The normalized spacial score (nSPS) is 15.0. The van der Waals surface area contributed by atoms with Crippen LogP contribution in [0.1, 0.15) is 46.2 Å². The van der Waals surface area contributed by atoms with E-state index in [-0.39, 0.29) is 13.2 Å². The molecule has 1 aliphatic carbocycles. The highest BCUT2D eigenvalue weighted by atomic mass is 16.3. The minimum atomic E-state index is 0.0537. The van der Waals surface area contributed by atoms with E-state index in [4.69, 9.17) is 0 Å². The van der Waals surface area contributed by atoms with Gasteiger partial charge in [-0.05, 0) is 71.9 Å². The average molecular weight is 296 g/mol. The van der Waals surface area contributed by atoms with Crippen molar-refractivity contribution < 1.29 is 10.2 Å². The van der Waals surface area contributed by atoms with Gasteiger partial charge < -0.3 is 10.2 Å². The van der Waals surface area contributed by atoms with Crippen molar-refractivity contribution in [3.05, 3.63) is 69.8 Å². The van der Waals surface area contributed by atoms with Gasteiger partial charge in [-0.2, -0.15) is 0 Å². The van der Waals surface area contributed by atoms with E-state index in [0.717, 1.165) is 49.7 Å². The SMILES string of the molecule is OCc1cc(CO)c2cc1CCCc1cccc(c1)CCC2. The molecule has 2 aromatic rings. The molecule has 0 fully saturated rings. The Kier molecular flexibility index (Phi) is 4.91. The van der Waals surface area contributed by atoms with E-state index in [1.807, 2.05) is 6.07 Å². The summed E-state index contributed by atoms with van der Waals surface area (Å²) in [5.41, 5.74) is 7.25. The fourth-order valence-corrected chi connectivity index (χ4v) is 3.46. The Labute approximate surface area is 132 Å². The first-order valence-corrected chi connectivity index (χ1v) is 8.23. The number of aliphatic hydroxyl groups excluding tert-OH is 2. The van der Waals surface area contributed by atoms with Gasteiger partial charge in [0.15, 0.2) is 0 Å². The molecule has 2 heteroatoms. The van der Waals surface area contributed by atoms with E-state index < -0.39 is 0 Å². The van der Waals surface area contributed by atoms with Crippen molar-refractivity contribution in [1.82, 2.24) is 0 Å². The van der Waals surface area contributed by atoms with Crippen LogP contribution < -0.4 is 0 Å². The minimum absolute atomic E-state index is 0.0537. The van der Waals surface area contributed by atoms with Gasteiger partial charge in [-0.25, -0.2) is 0 Å². The van der Waals surface area contributed by atoms with E-state index in [9.17, 15) is 10.2 Å². The molecule has 2 nitrogen and oxygen atoms in total. The van der Waals surface area contributed by atoms with Crippen LogP contribution in [-0.4, -0.2) is 10.2 Å². The number of hydrogen-bond acceptors (Lipinski definition) is 2. The Bertz CT molecular complexity index is 598. The first-order chi connectivity index (χ1) is 10.8. The second-order valence-electron chi connectivity index (χ2n) is 6.23. The molecule has 3 rings (SSSR count). The zero-order valence-corrected chi connectivity index (χ0v) is 13.0. The van der Waals surface area contributed by atoms with Crippen molar-refractivity contribution in [1.29, 1.82) is 0 Å². The van der Waals surface area contributed by atoms with Gasteiger partial charge in [-0.1, -0.05) is 36.4 Å². The van der Waals surface area contributed by atoms with Crippen LogP contribution in [0.5, 0.6) is 0 Å². The Balaban J connectivity index is 1.92. The largest absolute Gasteiger partial charge is 0.392 e. The summed E-state index contributed by atoms with van der Waals surface area (Å²) in [6, 6.07) is 13.1. The summed E-state index contributed by atoms with van der Waals surface area (Å²) in [6.45, 7) is 0.107. The van der Waals surface area contributed by atoms with Crippen molar-refractivity contribution in [3.8, 4) is 0 Å². The van der Waals surface area contributed by atoms with Gasteiger partial charge in [-0.15, -0.1) is 0 Å². The highest BCUT2D eigenvalue weighted by Gasteiger charge is 2.11. The second-order valence-corrected chi connectivity index (χ2v) is 6.23. The molecule has 0 radical (unpaired) electrons. The summed E-state index contributed by atoms with van der Waals surface area (Å²) in [5, 5.41) is 19.2. The van der Waals surface area contributed by atoms with Crippen LogP contribution in [0.4, 0.5) is 0 Å². The van der Waals surface area contributed by atoms with Crippen molar-refractivity contribution >= 4 is 0 Å². The lowest BCUT2D eigenvalue weighted by Gasteiger charge is -2.16. The summed E-state index contributed by atoms with van der Waals surface area (Å²) in [6.07, 6.45) is 6.31. The molecule has 0 aromatic heterocycles. The third kappa shape index (κ3) is 3.40. The number of aryl methyl sites for hydroxylation is 4. The third-order valence-corrected chi connectivity index (χ3v) is 4.68. The van der Waals surface area contributed by atoms with Crippen LogP contribution in [0.3, 0.4) is 0 Å². The molecular formula is C20H24O2. The Morgan fingerprint density at radius 2 is 1.23 bits per heavy atom. The van der Waals surface area contributed by atoms with Gasteiger partial charge in [0.2, 0.25) is 0 Å². The maximum Gasteiger partial charge on any atom is 0.0684 e. The first kappa shape index (κ1) is 15.3. The minimum Gasteiger partial charge on any atom is -0.392 e. The molecule has 0 aliphatic heterocycles. The van der Waals surface area contributed by atoms with Gasteiger partial charge in [0.05, 0.1) is 13.2 Å². The van der Waals surface area contributed by atoms with E-state index in [2.05, 4.69) is 30.3 Å². The summed E-state index contributed by atoms with van der Waals surface area (Å²) >= 11 is 0. The zero-order chi connectivity index (χ0) is 15.4. The molecule has 0 atom stereocenters. The highest BCUT2D eigenvalue weighted by molar-refractivity contribution is 5.39. The fourth-order valence-electron chi connectivity index (χ4n) is 3.46. The average Bonchev–Trinajstić information content (AvgIpc) is 2.54. The predicted molar refractivity (Wildman–Crippen MR) is 88.8 cm³/mol. The van der Waals surface area contributed by atoms with Gasteiger partial charge >= 0.3 is 0 Å². The van der Waals surface area contributed by atoms with Gasteiger partial charge in [0, 0.05) is 0 Å². The third-order valence-electron chi connectivity index (χ3n) is 4.68. The number of fused-ring (bicyclic) bond motifs is 4. The van der Waals surface area contributed by atoms with Crippen molar-refractivity contribution in [2.24, 2.45) is 0 Å². The van der Waals surface area contributed by atoms with Gasteiger partial charge in [0.1, 0.15) is 0 Å². The van der Waals surface area contributed by atoms with Crippen molar-refractivity contribution in [2.45, 2.75) is 51.7 Å². The van der Waals surface area contributed by atoms with Crippen LogP contribution in [-0.2, 0) is 38.9 Å². The standard InChI is InChI=1S/C20H24O2/c21-13-19-12-20(14-22)18-9-3-7-16-5-1-4-15(10-16)6-2-8-17(19)11-18/h1,4-5,10-12,21-22H,2-3,6-9,13-14H2. The molecule has 116 valence electrons. The Morgan fingerprint density at radius 3 is 1.73 bits per heavy atom. The molecule has 22 heavy (non-hydrogen) atoms. The molecule has 0 saturated heterocycles. The molecular weight excluding hydrogens is 272 g/mol. The number of hydrogen-bond donors (Lipinski definition) is 2. The first-order valence-electron chi connectivity index (χ1n) is 8.23. The highest BCUT2D eigenvalue weighted by Crippen LogP contribution is 2.23. The molecule has 1 aliphatic rings. The lowest BCUT2D eigenvalue weighted by molar-refractivity contribution is 0.273. The molecule has 0 saturated carbocycles. The molecule has 2 N–H and O–H groups in total. The summed E-state index contributed by atoms with van der Waals surface area (Å²) < 4.78 is 0. The molecule has 4 bridgehead atoms. The molecule has 2 aromatic carbocycles. The van der Waals surface area contributed by atoms with Crippen LogP contribution >= 0.6 is 0 Å².